The fourth-order valence-electron chi connectivity index (χ4n) is 8.48. The van der Waals surface area contributed by atoms with Crippen molar-refractivity contribution in [3.8, 4) is 0 Å². The predicted octanol–water partition coefficient (Wildman–Crippen LogP) is 14.2. The average molecular weight is 1000 g/mol. The molecule has 12 nitrogen and oxygen atoms in total. The molecule has 6 atom stereocenters. The molecule has 12 heteroatoms. The summed E-state index contributed by atoms with van der Waals surface area (Å²) >= 11 is 0. The molecule has 0 spiro atoms. The van der Waals surface area contributed by atoms with Crippen LogP contribution in [0.1, 0.15) is 252 Å². The number of rotatable bonds is 48. The van der Waals surface area contributed by atoms with Crippen LogP contribution in [0.15, 0.2) is 48.6 Å². The summed E-state index contributed by atoms with van der Waals surface area (Å²) in [5.74, 6) is -3.13. The van der Waals surface area contributed by atoms with Crippen LogP contribution in [-0.2, 0) is 42.9 Å². The average Bonchev–Trinajstić information content (AvgIpc) is 3.35. The van der Waals surface area contributed by atoms with E-state index in [1.165, 1.54) is 77.0 Å². The van der Waals surface area contributed by atoms with E-state index in [0.717, 1.165) is 116 Å². The molecule has 1 fully saturated rings. The van der Waals surface area contributed by atoms with Crippen molar-refractivity contribution in [3.05, 3.63) is 48.6 Å². The third-order valence-electron chi connectivity index (χ3n) is 12.9. The van der Waals surface area contributed by atoms with E-state index in [1.807, 2.05) is 0 Å². The summed E-state index contributed by atoms with van der Waals surface area (Å²) in [4.78, 5) is 51.0. The van der Waals surface area contributed by atoms with Gasteiger partial charge in [-0.15, -0.1) is 0 Å². The largest absolute Gasteiger partial charge is 0.479 e. The van der Waals surface area contributed by atoms with Gasteiger partial charge in [0.15, 0.2) is 24.6 Å². The third kappa shape index (κ3) is 38.0. The van der Waals surface area contributed by atoms with Gasteiger partial charge >= 0.3 is 23.9 Å². The summed E-state index contributed by atoms with van der Waals surface area (Å²) in [5, 5.41) is 31.4. The fraction of sp³-hybridized carbons (Fsp3) is 0.797. The van der Waals surface area contributed by atoms with E-state index in [4.69, 9.17) is 23.7 Å². The number of esters is 3. The lowest BCUT2D eigenvalue weighted by molar-refractivity contribution is -0.301. The summed E-state index contributed by atoms with van der Waals surface area (Å²) in [6.07, 6.45) is 43.7. The van der Waals surface area contributed by atoms with Gasteiger partial charge < -0.3 is 39.0 Å². The molecule has 1 heterocycles. The molecule has 1 rings (SSSR count). The van der Waals surface area contributed by atoms with Crippen LogP contribution in [0, 0.1) is 0 Å². The number of carboxylic acid groups (broad SMARTS) is 1. The maximum Gasteiger partial charge on any atom is 0.335 e. The van der Waals surface area contributed by atoms with Gasteiger partial charge in [0.1, 0.15) is 18.8 Å². The zero-order valence-electron chi connectivity index (χ0n) is 45.0. The molecule has 0 aromatic heterocycles. The lowest BCUT2D eigenvalue weighted by Gasteiger charge is -2.40. The molecular weight excluding hydrogens is 901 g/mol. The molecule has 0 aliphatic carbocycles. The van der Waals surface area contributed by atoms with Crippen molar-refractivity contribution in [1.82, 2.24) is 0 Å². The lowest BCUT2D eigenvalue weighted by atomic mass is 9.98. The Morgan fingerprint density at radius 3 is 1.41 bits per heavy atom. The van der Waals surface area contributed by atoms with E-state index in [9.17, 15) is 34.5 Å². The Hall–Kier alpha value is -3.32. The number of carboxylic acids is 1. The number of aliphatic carboxylic acids is 1. The Morgan fingerprint density at radius 2 is 0.901 bits per heavy atom. The van der Waals surface area contributed by atoms with E-state index < -0.39 is 67.3 Å². The van der Waals surface area contributed by atoms with E-state index in [2.05, 4.69) is 69.4 Å². The van der Waals surface area contributed by atoms with Crippen molar-refractivity contribution in [2.24, 2.45) is 0 Å². The zero-order valence-corrected chi connectivity index (χ0v) is 45.0. The molecule has 71 heavy (non-hydrogen) atoms. The van der Waals surface area contributed by atoms with Gasteiger partial charge in [0.05, 0.1) is 6.61 Å². The van der Waals surface area contributed by atoms with Gasteiger partial charge in [0.25, 0.3) is 0 Å². The zero-order chi connectivity index (χ0) is 51.8. The van der Waals surface area contributed by atoms with Crippen molar-refractivity contribution in [3.63, 3.8) is 0 Å². The van der Waals surface area contributed by atoms with Crippen LogP contribution >= 0.6 is 0 Å². The first kappa shape index (κ1) is 65.7. The van der Waals surface area contributed by atoms with E-state index in [-0.39, 0.29) is 25.9 Å². The highest BCUT2D eigenvalue weighted by Crippen LogP contribution is 2.26. The Labute approximate surface area is 431 Å². The van der Waals surface area contributed by atoms with Crippen molar-refractivity contribution in [1.29, 1.82) is 0 Å². The number of carbonyl (C=O) groups excluding carboxylic acids is 3. The minimum atomic E-state index is -1.90. The quantitative estimate of drug-likeness (QED) is 0.0228. The summed E-state index contributed by atoms with van der Waals surface area (Å²) in [7, 11) is 0. The lowest BCUT2D eigenvalue weighted by Crippen LogP contribution is -2.61. The second-order valence-corrected chi connectivity index (χ2v) is 19.5. The van der Waals surface area contributed by atoms with E-state index in [0.29, 0.717) is 19.3 Å². The molecule has 1 aliphatic rings. The molecule has 0 aromatic carbocycles. The van der Waals surface area contributed by atoms with Gasteiger partial charge in [-0.05, 0) is 70.6 Å². The van der Waals surface area contributed by atoms with Crippen LogP contribution in [-0.4, -0.2) is 89.2 Å². The molecule has 0 radical (unpaired) electrons. The summed E-state index contributed by atoms with van der Waals surface area (Å²) < 4.78 is 28.4. The van der Waals surface area contributed by atoms with Crippen molar-refractivity contribution < 1.29 is 58.2 Å². The molecular formula is C59H102O12. The first-order valence-corrected chi connectivity index (χ1v) is 28.6. The van der Waals surface area contributed by atoms with Crippen molar-refractivity contribution in [2.75, 3.05) is 13.2 Å². The Bertz CT molecular complexity index is 1420. The highest BCUT2D eigenvalue weighted by Gasteiger charge is 2.50. The SMILES string of the molecule is CC/C=C\C/C=C\C/C=C\CCCCCCCCCC(=O)OCC(COC1OC(C(=O)O)C(O)C(O)C1OC(=O)CCCCCCCCCCCCCCC)OC(=O)CCCCCCC/C=C\CCCC. The Kier molecular flexibility index (Phi) is 44.1. The van der Waals surface area contributed by atoms with Gasteiger partial charge in [-0.1, -0.05) is 211 Å². The summed E-state index contributed by atoms with van der Waals surface area (Å²) in [5.41, 5.74) is 0. The number of aliphatic hydroxyl groups is 2. The minimum absolute atomic E-state index is 0.0622. The second kappa shape index (κ2) is 47.7. The van der Waals surface area contributed by atoms with E-state index >= 15 is 0 Å². The minimum Gasteiger partial charge on any atom is -0.479 e. The molecule has 1 saturated heterocycles. The Balaban J connectivity index is 2.68. The topological polar surface area (TPSA) is 175 Å². The molecule has 0 saturated carbocycles. The number of allylic oxidation sites excluding steroid dienone is 8. The van der Waals surface area contributed by atoms with Crippen molar-refractivity contribution >= 4 is 23.9 Å². The molecule has 3 N–H and O–H groups in total. The number of aliphatic hydroxyl groups excluding tert-OH is 2. The van der Waals surface area contributed by atoms with Crippen LogP contribution < -0.4 is 0 Å². The van der Waals surface area contributed by atoms with Gasteiger partial charge in [0.2, 0.25) is 0 Å². The smallest absolute Gasteiger partial charge is 0.335 e. The standard InChI is InChI=1S/C59H102O12/c1-4-7-10-13-16-19-22-24-25-26-27-29-31-33-36-39-42-45-51(60)67-48-50(69-52(61)46-43-40-37-34-30-21-18-15-12-9-6-3)49-68-59-57(55(64)54(63)56(71-59)58(65)66)70-53(62)47-44-41-38-35-32-28-23-20-17-14-11-8-5-2/h7,10,15-16,18-19,24-25,50,54-57,59,63-64H,4-6,8-9,11-14,17,20-23,26-49H2,1-3H3,(H,65,66)/b10-7-,18-15-,19-16-,25-24-. The first-order valence-electron chi connectivity index (χ1n) is 28.6. The highest BCUT2D eigenvalue weighted by molar-refractivity contribution is 5.74. The number of unbranched alkanes of at least 4 members (excludes halogenated alkanes) is 26. The maximum atomic E-state index is 13.1. The van der Waals surface area contributed by atoms with E-state index in [1.54, 1.807) is 0 Å². The predicted molar refractivity (Wildman–Crippen MR) is 285 cm³/mol. The molecule has 0 amide bonds. The molecule has 6 unspecified atom stereocenters. The number of ether oxygens (including phenoxy) is 5. The number of carbonyl (C=O) groups is 4. The van der Waals surface area contributed by atoms with Crippen LogP contribution in [0.4, 0.5) is 0 Å². The molecule has 0 bridgehead atoms. The summed E-state index contributed by atoms with van der Waals surface area (Å²) in [6, 6.07) is 0. The third-order valence-corrected chi connectivity index (χ3v) is 12.9. The van der Waals surface area contributed by atoms with Crippen LogP contribution in [0.3, 0.4) is 0 Å². The normalized spacial score (nSPS) is 18.8. The molecule has 0 aromatic rings. The van der Waals surface area contributed by atoms with Gasteiger partial charge in [-0.25, -0.2) is 4.79 Å². The molecule has 1 aliphatic heterocycles. The van der Waals surface area contributed by atoms with Crippen LogP contribution in [0.2, 0.25) is 0 Å². The van der Waals surface area contributed by atoms with Crippen LogP contribution in [0.25, 0.3) is 0 Å². The number of hydrogen-bond acceptors (Lipinski definition) is 11. The fourth-order valence-corrected chi connectivity index (χ4v) is 8.48. The Morgan fingerprint density at radius 1 is 0.479 bits per heavy atom. The van der Waals surface area contributed by atoms with Gasteiger partial charge in [0, 0.05) is 19.3 Å². The monoisotopic (exact) mass is 1000 g/mol. The van der Waals surface area contributed by atoms with Crippen LogP contribution in [0.5, 0.6) is 0 Å². The van der Waals surface area contributed by atoms with Gasteiger partial charge in [-0.2, -0.15) is 0 Å². The number of hydrogen-bond donors (Lipinski definition) is 3. The van der Waals surface area contributed by atoms with Gasteiger partial charge in [-0.3, -0.25) is 14.4 Å². The first-order chi connectivity index (χ1) is 34.6. The summed E-state index contributed by atoms with van der Waals surface area (Å²) in [6.45, 7) is 5.82. The highest BCUT2D eigenvalue weighted by atomic mass is 16.7. The molecule has 410 valence electrons. The second-order valence-electron chi connectivity index (χ2n) is 19.5. The maximum absolute atomic E-state index is 13.1. The van der Waals surface area contributed by atoms with Crippen molar-refractivity contribution in [2.45, 2.75) is 289 Å².